The third-order valence-electron chi connectivity index (χ3n) is 7.88. The normalized spacial score (nSPS) is 17.8. The van der Waals surface area contributed by atoms with Crippen molar-refractivity contribution in [1.82, 2.24) is 19.4 Å². The molecule has 1 aliphatic heterocycles. The number of amides is 2. The number of fused-ring (bicyclic) bond motifs is 1. The van der Waals surface area contributed by atoms with Gasteiger partial charge in [0.2, 0.25) is 5.91 Å². The lowest BCUT2D eigenvalue weighted by atomic mass is 9.83. The van der Waals surface area contributed by atoms with E-state index in [1.165, 1.54) is 46.9 Å². The molecular weight excluding hydrogens is 475 g/mol. The highest BCUT2D eigenvalue weighted by atomic mass is 19.1. The Hall–Kier alpha value is -3.75. The zero-order valence-electron chi connectivity index (χ0n) is 20.9. The first kappa shape index (κ1) is 24.9. The monoisotopic (exact) mass is 506 g/mol. The highest BCUT2D eigenvalue weighted by Crippen LogP contribution is 2.30. The van der Waals surface area contributed by atoms with Crippen LogP contribution in [0.25, 0.3) is 10.9 Å². The van der Waals surface area contributed by atoms with Crippen molar-refractivity contribution in [3.8, 4) is 0 Å². The van der Waals surface area contributed by atoms with E-state index < -0.39 is 23.0 Å². The second-order valence-electron chi connectivity index (χ2n) is 10.1. The average molecular weight is 507 g/mol. The van der Waals surface area contributed by atoms with Gasteiger partial charge in [0, 0.05) is 19.1 Å². The molecule has 9 heteroatoms. The summed E-state index contributed by atoms with van der Waals surface area (Å²) < 4.78 is 16.2. The molecule has 1 saturated heterocycles. The number of H-pyrrole nitrogens is 1. The largest absolute Gasteiger partial charge is 0.336 e. The van der Waals surface area contributed by atoms with Gasteiger partial charge in [0.05, 0.1) is 23.0 Å². The molecule has 1 aromatic heterocycles. The Morgan fingerprint density at radius 2 is 1.81 bits per heavy atom. The van der Waals surface area contributed by atoms with Crippen LogP contribution in [0.5, 0.6) is 0 Å². The van der Waals surface area contributed by atoms with Crippen LogP contribution >= 0.6 is 0 Å². The Kier molecular flexibility index (Phi) is 6.95. The number of piperazine rings is 1. The van der Waals surface area contributed by atoms with Crippen molar-refractivity contribution in [2.45, 2.75) is 51.6 Å². The fraction of sp³-hybridized carbons (Fsp3) is 0.429. The summed E-state index contributed by atoms with van der Waals surface area (Å²) in [6.45, 7) is 2.83. The standard InChI is InChI=1S/C28H31FN4O4/c1-18(20-7-3-2-4-8-20)32-14-13-31(17-25(32)34)27(36)22-15-19(11-12-23(22)29)16-33-24-10-6-5-9-21(24)26(35)30-28(33)37/h5-6,9-12,15,18,20H,2-4,7-8,13-14,16-17H2,1H3,(H,30,35,37). The summed E-state index contributed by atoms with van der Waals surface area (Å²) in [6.07, 6.45) is 5.88. The molecule has 0 bridgehead atoms. The highest BCUT2D eigenvalue weighted by Gasteiger charge is 2.34. The minimum Gasteiger partial charge on any atom is -0.336 e. The predicted octanol–water partition coefficient (Wildman–Crippen LogP) is 3.13. The number of nitrogens with one attached hydrogen (secondary N) is 1. The number of para-hydroxylation sites is 1. The zero-order chi connectivity index (χ0) is 26.1. The van der Waals surface area contributed by atoms with Crippen LogP contribution in [0.2, 0.25) is 0 Å². The first-order chi connectivity index (χ1) is 17.8. The molecule has 1 atom stereocenters. The Balaban J connectivity index is 1.34. The van der Waals surface area contributed by atoms with Crippen molar-refractivity contribution in [2.24, 2.45) is 5.92 Å². The van der Waals surface area contributed by atoms with Crippen LogP contribution in [-0.4, -0.2) is 56.8 Å². The Morgan fingerprint density at radius 3 is 2.57 bits per heavy atom. The van der Waals surface area contributed by atoms with Crippen LogP contribution in [0.3, 0.4) is 0 Å². The molecule has 2 aliphatic rings. The van der Waals surface area contributed by atoms with Gasteiger partial charge in [-0.25, -0.2) is 9.18 Å². The SMILES string of the molecule is CC(C1CCCCC1)N1CCN(C(=O)c2cc(Cn3c(=O)[nH]c(=O)c4ccccc43)ccc2F)CC1=O. The van der Waals surface area contributed by atoms with E-state index in [-0.39, 0.29) is 30.6 Å². The van der Waals surface area contributed by atoms with Crippen molar-refractivity contribution in [3.63, 3.8) is 0 Å². The number of carbonyl (C=O) groups excluding carboxylic acids is 2. The maximum absolute atomic E-state index is 14.8. The number of nitrogens with zero attached hydrogens (tertiary/aromatic N) is 3. The maximum Gasteiger partial charge on any atom is 0.329 e. The topological polar surface area (TPSA) is 95.5 Å². The molecule has 1 unspecified atom stereocenters. The quantitative estimate of drug-likeness (QED) is 0.575. The minimum atomic E-state index is -0.683. The lowest BCUT2D eigenvalue weighted by Gasteiger charge is -2.41. The number of hydrogen-bond donors (Lipinski definition) is 1. The second kappa shape index (κ2) is 10.3. The summed E-state index contributed by atoms with van der Waals surface area (Å²) in [5.74, 6) is -0.851. The van der Waals surface area contributed by atoms with E-state index in [1.807, 2.05) is 4.90 Å². The average Bonchev–Trinajstić information content (AvgIpc) is 2.91. The molecule has 1 N–H and O–H groups in total. The molecule has 0 radical (unpaired) electrons. The van der Waals surface area contributed by atoms with Gasteiger partial charge in [0.15, 0.2) is 0 Å². The molecule has 8 nitrogen and oxygen atoms in total. The second-order valence-corrected chi connectivity index (χ2v) is 10.1. The van der Waals surface area contributed by atoms with Crippen molar-refractivity contribution < 1.29 is 14.0 Å². The molecule has 2 heterocycles. The maximum atomic E-state index is 14.8. The summed E-state index contributed by atoms with van der Waals surface area (Å²) in [7, 11) is 0. The number of benzene rings is 2. The number of rotatable bonds is 5. The first-order valence-electron chi connectivity index (χ1n) is 12.9. The van der Waals surface area contributed by atoms with Crippen LogP contribution in [-0.2, 0) is 11.3 Å². The van der Waals surface area contributed by atoms with E-state index >= 15 is 0 Å². The van der Waals surface area contributed by atoms with Crippen LogP contribution < -0.4 is 11.2 Å². The van der Waals surface area contributed by atoms with E-state index in [0.717, 1.165) is 12.8 Å². The number of aromatic amines is 1. The number of halogens is 1. The highest BCUT2D eigenvalue weighted by molar-refractivity contribution is 5.97. The van der Waals surface area contributed by atoms with Gasteiger partial charge in [-0.15, -0.1) is 0 Å². The Labute approximate surface area is 213 Å². The van der Waals surface area contributed by atoms with E-state index in [9.17, 15) is 23.6 Å². The van der Waals surface area contributed by atoms with E-state index in [4.69, 9.17) is 0 Å². The fourth-order valence-electron chi connectivity index (χ4n) is 5.75. The summed E-state index contributed by atoms with van der Waals surface area (Å²) in [4.78, 5) is 56.5. The van der Waals surface area contributed by atoms with E-state index in [1.54, 1.807) is 24.3 Å². The first-order valence-corrected chi connectivity index (χ1v) is 12.9. The van der Waals surface area contributed by atoms with Crippen LogP contribution in [0.15, 0.2) is 52.1 Å². The molecule has 1 saturated carbocycles. The molecule has 2 fully saturated rings. The van der Waals surface area contributed by atoms with Gasteiger partial charge in [0.1, 0.15) is 12.4 Å². The van der Waals surface area contributed by atoms with Gasteiger partial charge >= 0.3 is 5.69 Å². The lowest BCUT2D eigenvalue weighted by Crippen LogP contribution is -2.56. The number of hydrogen-bond acceptors (Lipinski definition) is 4. The summed E-state index contributed by atoms with van der Waals surface area (Å²) in [6, 6.07) is 11.0. The fourth-order valence-corrected chi connectivity index (χ4v) is 5.75. The number of carbonyl (C=O) groups is 2. The van der Waals surface area contributed by atoms with Gasteiger partial charge in [-0.05, 0) is 55.5 Å². The molecule has 37 heavy (non-hydrogen) atoms. The van der Waals surface area contributed by atoms with Gasteiger partial charge in [-0.2, -0.15) is 0 Å². The predicted molar refractivity (Wildman–Crippen MR) is 138 cm³/mol. The van der Waals surface area contributed by atoms with Crippen LogP contribution in [0.4, 0.5) is 4.39 Å². The van der Waals surface area contributed by atoms with Crippen molar-refractivity contribution >= 4 is 22.7 Å². The molecular formula is C28H31FN4O4. The van der Waals surface area contributed by atoms with Crippen LogP contribution in [0, 0.1) is 11.7 Å². The van der Waals surface area contributed by atoms with E-state index in [2.05, 4.69) is 11.9 Å². The molecule has 2 amide bonds. The van der Waals surface area contributed by atoms with Gasteiger partial charge < -0.3 is 9.80 Å². The smallest absolute Gasteiger partial charge is 0.329 e. The minimum absolute atomic E-state index is 0.0439. The number of aromatic nitrogens is 2. The summed E-state index contributed by atoms with van der Waals surface area (Å²) in [5, 5.41) is 0.361. The molecule has 2 aromatic carbocycles. The summed E-state index contributed by atoms with van der Waals surface area (Å²) >= 11 is 0. The zero-order valence-corrected chi connectivity index (χ0v) is 20.9. The van der Waals surface area contributed by atoms with Gasteiger partial charge in [-0.3, -0.25) is 23.9 Å². The van der Waals surface area contributed by atoms with E-state index in [0.29, 0.717) is 35.5 Å². The lowest BCUT2D eigenvalue weighted by molar-refractivity contribution is -0.138. The van der Waals surface area contributed by atoms with Crippen molar-refractivity contribution in [3.05, 3.63) is 80.2 Å². The molecule has 5 rings (SSSR count). The Morgan fingerprint density at radius 1 is 1.05 bits per heavy atom. The van der Waals surface area contributed by atoms with Crippen molar-refractivity contribution in [2.75, 3.05) is 19.6 Å². The van der Waals surface area contributed by atoms with Crippen molar-refractivity contribution in [1.29, 1.82) is 0 Å². The van der Waals surface area contributed by atoms with Gasteiger partial charge in [0.25, 0.3) is 11.5 Å². The van der Waals surface area contributed by atoms with Crippen LogP contribution in [0.1, 0.15) is 54.9 Å². The Bertz CT molecular complexity index is 1460. The third-order valence-corrected chi connectivity index (χ3v) is 7.88. The summed E-state index contributed by atoms with van der Waals surface area (Å²) in [5.41, 5.74) is -0.230. The molecule has 194 valence electrons. The molecule has 3 aromatic rings. The van der Waals surface area contributed by atoms with Gasteiger partial charge in [-0.1, -0.05) is 37.5 Å². The third kappa shape index (κ3) is 4.95. The molecule has 0 spiro atoms. The molecule has 1 aliphatic carbocycles.